The summed E-state index contributed by atoms with van der Waals surface area (Å²) in [6.45, 7) is 3.20. The fraction of sp³-hybridized carbons (Fsp3) is 0.550. The van der Waals surface area contributed by atoms with E-state index in [4.69, 9.17) is 16.7 Å². The van der Waals surface area contributed by atoms with Crippen molar-refractivity contribution in [3.63, 3.8) is 0 Å². The predicted molar refractivity (Wildman–Crippen MR) is 99.5 cm³/mol. The summed E-state index contributed by atoms with van der Waals surface area (Å²) >= 11 is 6.07. The molecule has 128 valence electrons. The topological polar surface area (TPSA) is 29.9 Å². The molecule has 1 N–H and O–H groups in total. The van der Waals surface area contributed by atoms with Gasteiger partial charge in [0.1, 0.15) is 0 Å². The van der Waals surface area contributed by atoms with Gasteiger partial charge in [0.15, 0.2) is 0 Å². The second-order valence-electron chi connectivity index (χ2n) is 7.22. The van der Waals surface area contributed by atoms with E-state index in [9.17, 15) is 0 Å². The van der Waals surface area contributed by atoms with Crippen LogP contribution < -0.4 is 5.32 Å². The van der Waals surface area contributed by atoms with Crippen molar-refractivity contribution in [1.29, 1.82) is 0 Å². The van der Waals surface area contributed by atoms with E-state index in [-0.39, 0.29) is 0 Å². The second-order valence-corrected chi connectivity index (χ2v) is 7.65. The van der Waals surface area contributed by atoms with Crippen molar-refractivity contribution in [3.05, 3.63) is 40.5 Å². The van der Waals surface area contributed by atoms with Crippen LogP contribution >= 0.6 is 11.6 Å². The number of benzene rings is 1. The zero-order chi connectivity index (χ0) is 16.4. The van der Waals surface area contributed by atoms with Crippen LogP contribution in [0.4, 0.5) is 0 Å². The highest BCUT2D eigenvalue weighted by atomic mass is 35.5. The Morgan fingerprint density at radius 1 is 1.04 bits per heavy atom. The zero-order valence-electron chi connectivity index (χ0n) is 14.2. The highest BCUT2D eigenvalue weighted by Crippen LogP contribution is 2.31. The van der Waals surface area contributed by atoms with Crippen molar-refractivity contribution in [2.24, 2.45) is 5.92 Å². The zero-order valence-corrected chi connectivity index (χ0v) is 15.0. The molecule has 4 rings (SSSR count). The number of hydrogen-bond acceptors (Lipinski definition) is 2. The van der Waals surface area contributed by atoms with Gasteiger partial charge in [0.05, 0.1) is 5.69 Å². The molecule has 2 aliphatic rings. The fourth-order valence-corrected chi connectivity index (χ4v) is 4.35. The summed E-state index contributed by atoms with van der Waals surface area (Å²) < 4.78 is 2.34. The summed E-state index contributed by atoms with van der Waals surface area (Å²) in [7, 11) is 0. The van der Waals surface area contributed by atoms with E-state index in [2.05, 4.69) is 22.1 Å². The van der Waals surface area contributed by atoms with E-state index < -0.39 is 0 Å². The summed E-state index contributed by atoms with van der Waals surface area (Å²) in [5, 5.41) is 9.40. The van der Waals surface area contributed by atoms with E-state index >= 15 is 0 Å². The lowest BCUT2D eigenvalue weighted by atomic mass is 9.89. The van der Waals surface area contributed by atoms with Crippen molar-refractivity contribution in [2.75, 3.05) is 13.1 Å². The van der Waals surface area contributed by atoms with Crippen molar-refractivity contribution in [2.45, 2.75) is 51.5 Å². The Morgan fingerprint density at radius 3 is 2.58 bits per heavy atom. The Labute approximate surface area is 149 Å². The van der Waals surface area contributed by atoms with E-state index in [1.54, 1.807) is 0 Å². The molecule has 0 unspecified atom stereocenters. The number of hydrogen-bond donors (Lipinski definition) is 1. The fourth-order valence-electron chi connectivity index (χ4n) is 4.23. The Kier molecular flexibility index (Phi) is 4.91. The van der Waals surface area contributed by atoms with Crippen LogP contribution in [-0.2, 0) is 19.4 Å². The minimum atomic E-state index is 0.785. The lowest BCUT2D eigenvalue weighted by Gasteiger charge is -2.22. The van der Waals surface area contributed by atoms with E-state index in [1.807, 2.05) is 12.1 Å². The predicted octanol–water partition coefficient (Wildman–Crippen LogP) is 4.47. The first-order chi connectivity index (χ1) is 11.8. The van der Waals surface area contributed by atoms with Crippen molar-refractivity contribution >= 4 is 11.6 Å². The van der Waals surface area contributed by atoms with Gasteiger partial charge in [-0.25, -0.2) is 0 Å². The third kappa shape index (κ3) is 3.38. The summed E-state index contributed by atoms with van der Waals surface area (Å²) in [6, 6.07) is 8.15. The normalized spacial score (nSPS) is 19.0. The Balaban J connectivity index is 1.69. The van der Waals surface area contributed by atoms with Crippen LogP contribution in [0.3, 0.4) is 0 Å². The van der Waals surface area contributed by atoms with Gasteiger partial charge in [-0.15, -0.1) is 0 Å². The molecule has 0 bridgehead atoms. The summed E-state index contributed by atoms with van der Waals surface area (Å²) in [5.74, 6) is 0.803. The molecule has 0 saturated heterocycles. The molecule has 0 radical (unpaired) electrons. The standard InChI is InChI=1S/C20H26ClN3/c21-17-8-6-16(7-9-17)20-18-10-12-22-13-11-19(18)24(23-20)14-15-4-2-1-3-5-15/h6-9,15,22H,1-5,10-14H2. The van der Waals surface area contributed by atoms with Gasteiger partial charge in [0.2, 0.25) is 0 Å². The van der Waals surface area contributed by atoms with Gasteiger partial charge in [-0.05, 0) is 43.9 Å². The van der Waals surface area contributed by atoms with Crippen molar-refractivity contribution in [3.8, 4) is 11.3 Å². The number of nitrogens with one attached hydrogen (secondary N) is 1. The number of aromatic nitrogens is 2. The van der Waals surface area contributed by atoms with Gasteiger partial charge in [-0.2, -0.15) is 5.10 Å². The first-order valence-electron chi connectivity index (χ1n) is 9.36. The van der Waals surface area contributed by atoms with Crippen LogP contribution in [0.5, 0.6) is 0 Å². The molecular weight excluding hydrogens is 318 g/mol. The Bertz CT molecular complexity index is 684. The second kappa shape index (κ2) is 7.28. The van der Waals surface area contributed by atoms with Gasteiger partial charge in [0, 0.05) is 41.4 Å². The lowest BCUT2D eigenvalue weighted by molar-refractivity contribution is 0.304. The Hall–Kier alpha value is -1.32. The highest BCUT2D eigenvalue weighted by Gasteiger charge is 2.23. The molecule has 3 nitrogen and oxygen atoms in total. The lowest BCUT2D eigenvalue weighted by Crippen LogP contribution is -2.20. The smallest absolute Gasteiger partial charge is 0.0958 e. The average molecular weight is 344 g/mol. The van der Waals surface area contributed by atoms with E-state index in [0.29, 0.717) is 0 Å². The molecule has 1 aromatic heterocycles. The maximum absolute atomic E-state index is 6.07. The monoisotopic (exact) mass is 343 g/mol. The molecule has 1 aliphatic carbocycles. The molecule has 1 aliphatic heterocycles. The molecule has 2 aromatic rings. The third-order valence-electron chi connectivity index (χ3n) is 5.53. The van der Waals surface area contributed by atoms with Crippen molar-refractivity contribution < 1.29 is 0 Å². The van der Waals surface area contributed by atoms with Gasteiger partial charge in [-0.3, -0.25) is 4.68 Å². The number of halogens is 1. The van der Waals surface area contributed by atoms with Crippen LogP contribution in [0, 0.1) is 5.92 Å². The molecular formula is C20H26ClN3. The van der Waals surface area contributed by atoms with Gasteiger partial charge in [0.25, 0.3) is 0 Å². The molecule has 1 saturated carbocycles. The van der Waals surface area contributed by atoms with E-state index in [0.717, 1.165) is 43.4 Å². The first-order valence-corrected chi connectivity index (χ1v) is 9.74. The number of fused-ring (bicyclic) bond motifs is 1. The van der Waals surface area contributed by atoms with Crippen LogP contribution in [0.25, 0.3) is 11.3 Å². The van der Waals surface area contributed by atoms with Crippen molar-refractivity contribution in [1.82, 2.24) is 15.1 Å². The molecule has 0 spiro atoms. The molecule has 0 amide bonds. The van der Waals surface area contributed by atoms with Crippen LogP contribution in [0.15, 0.2) is 24.3 Å². The molecule has 24 heavy (non-hydrogen) atoms. The summed E-state index contributed by atoms with van der Waals surface area (Å²) in [6.07, 6.45) is 9.07. The molecule has 2 heterocycles. The third-order valence-corrected chi connectivity index (χ3v) is 5.78. The van der Waals surface area contributed by atoms with Crippen LogP contribution in [0.2, 0.25) is 5.02 Å². The van der Waals surface area contributed by atoms with Gasteiger partial charge in [-0.1, -0.05) is 43.0 Å². The SMILES string of the molecule is Clc1ccc(-c2nn(CC3CCCCC3)c3c2CCNCC3)cc1. The molecule has 0 atom stereocenters. The summed E-state index contributed by atoms with van der Waals surface area (Å²) in [5.41, 5.74) is 5.26. The number of nitrogens with zero attached hydrogens (tertiary/aromatic N) is 2. The minimum Gasteiger partial charge on any atom is -0.316 e. The van der Waals surface area contributed by atoms with Crippen LogP contribution in [0.1, 0.15) is 43.4 Å². The number of rotatable bonds is 3. The average Bonchev–Trinajstić information content (AvgIpc) is 2.79. The highest BCUT2D eigenvalue weighted by molar-refractivity contribution is 6.30. The first kappa shape index (κ1) is 16.2. The van der Waals surface area contributed by atoms with Gasteiger partial charge >= 0.3 is 0 Å². The minimum absolute atomic E-state index is 0.785. The molecule has 4 heteroatoms. The van der Waals surface area contributed by atoms with Gasteiger partial charge < -0.3 is 5.32 Å². The molecule has 1 fully saturated rings. The molecule has 1 aromatic carbocycles. The largest absolute Gasteiger partial charge is 0.316 e. The maximum Gasteiger partial charge on any atom is 0.0958 e. The maximum atomic E-state index is 6.07. The Morgan fingerprint density at radius 2 is 1.79 bits per heavy atom. The van der Waals surface area contributed by atoms with Crippen LogP contribution in [-0.4, -0.2) is 22.9 Å². The summed E-state index contributed by atoms with van der Waals surface area (Å²) in [4.78, 5) is 0. The quantitative estimate of drug-likeness (QED) is 0.891. The van der Waals surface area contributed by atoms with E-state index in [1.165, 1.54) is 54.6 Å².